The second-order valence-corrected chi connectivity index (χ2v) is 8.18. The molecule has 0 aromatic heterocycles. The molecule has 0 saturated heterocycles. The fourth-order valence-electron chi connectivity index (χ4n) is 3.20. The van der Waals surface area contributed by atoms with Gasteiger partial charge < -0.3 is 4.90 Å². The molecule has 0 amide bonds. The zero-order valence-corrected chi connectivity index (χ0v) is 18.5. The first-order chi connectivity index (χ1) is 13.7. The molecule has 0 atom stereocenters. The van der Waals surface area contributed by atoms with Crippen LogP contribution in [0.3, 0.4) is 0 Å². The number of fused-ring (bicyclic) bond motifs is 1. The average Bonchev–Trinajstić information content (AvgIpc) is 2.88. The van der Waals surface area contributed by atoms with E-state index in [9.17, 15) is 0 Å². The number of hydrogen-bond acceptors (Lipinski definition) is 3. The van der Waals surface area contributed by atoms with E-state index in [0.29, 0.717) is 0 Å². The Labute approximate surface area is 187 Å². The number of likely N-dealkylation sites (N-methyl/N-ethyl adjacent to an activating group) is 1. The quantitative estimate of drug-likeness (QED) is 0.439. The third-order valence-electron chi connectivity index (χ3n) is 4.69. The monoisotopic (exact) mass is 440 g/mol. The van der Waals surface area contributed by atoms with E-state index in [-0.39, 0.29) is 12.4 Å². The van der Waals surface area contributed by atoms with Gasteiger partial charge in [0.05, 0.1) is 12.3 Å². The molecule has 0 radical (unpaired) electrons. The van der Waals surface area contributed by atoms with Crippen LogP contribution < -0.4 is 4.90 Å². The highest BCUT2D eigenvalue weighted by molar-refractivity contribution is 7.99. The Morgan fingerprint density at radius 1 is 0.931 bits per heavy atom. The summed E-state index contributed by atoms with van der Waals surface area (Å²) >= 11 is 7.75. The minimum Gasteiger partial charge on any atom is -0.372 e. The van der Waals surface area contributed by atoms with Crippen molar-refractivity contribution in [2.45, 2.75) is 9.79 Å². The third-order valence-corrected chi connectivity index (χ3v) is 6.04. The third kappa shape index (κ3) is 5.24. The summed E-state index contributed by atoms with van der Waals surface area (Å²) in [7, 11) is 2.12. The van der Waals surface area contributed by atoms with Gasteiger partial charge in [0.25, 0.3) is 0 Å². The molecular weight excluding hydrogens is 419 g/mol. The molecule has 0 spiro atoms. The summed E-state index contributed by atoms with van der Waals surface area (Å²) in [5.41, 5.74) is 4.63. The van der Waals surface area contributed by atoms with Gasteiger partial charge in [0.2, 0.25) is 0 Å². The first kappa shape index (κ1) is 21.5. The maximum atomic E-state index is 6.01. The Kier molecular flexibility index (Phi) is 7.43. The van der Waals surface area contributed by atoms with E-state index >= 15 is 0 Å². The van der Waals surface area contributed by atoms with Gasteiger partial charge in [-0.2, -0.15) is 0 Å². The zero-order valence-electron chi connectivity index (χ0n) is 16.1. The molecule has 1 aliphatic rings. The number of rotatable bonds is 4. The van der Waals surface area contributed by atoms with Crippen molar-refractivity contribution in [1.29, 1.82) is 0 Å². The van der Waals surface area contributed by atoms with Crippen molar-refractivity contribution < 1.29 is 0 Å². The minimum absolute atomic E-state index is 0. The van der Waals surface area contributed by atoms with Crippen LogP contribution in [-0.2, 0) is 0 Å². The molecule has 3 aromatic rings. The number of nitrogens with zero attached hydrogens (tertiary/aromatic N) is 2. The van der Waals surface area contributed by atoms with Crippen LogP contribution in [0.4, 0.5) is 5.69 Å². The summed E-state index contributed by atoms with van der Waals surface area (Å²) < 4.78 is 0. The van der Waals surface area contributed by atoms with Crippen molar-refractivity contribution in [3.63, 3.8) is 0 Å². The first-order valence-electron chi connectivity index (χ1n) is 9.26. The van der Waals surface area contributed by atoms with Crippen molar-refractivity contribution >= 4 is 53.2 Å². The molecule has 29 heavy (non-hydrogen) atoms. The predicted octanol–water partition coefficient (Wildman–Crippen LogP) is 6.87. The van der Waals surface area contributed by atoms with Gasteiger partial charge in [-0.1, -0.05) is 65.8 Å². The Bertz CT molecular complexity index is 1030. The Morgan fingerprint density at radius 2 is 1.66 bits per heavy atom. The molecule has 0 aliphatic carbocycles. The standard InChI is InChI=1S/C24H21ClN2S.ClH/c1-27-17-16-26-22(21-7-3-4-8-23(21)27)15-10-18-6-2-5-9-24(18)28-20-13-11-19(25)12-14-20;/h2-15H,16-17H2,1H3;1H/b15-10+;. The molecule has 0 unspecified atom stereocenters. The van der Waals surface area contributed by atoms with E-state index in [0.717, 1.165) is 23.8 Å². The van der Waals surface area contributed by atoms with Crippen LogP contribution in [0.2, 0.25) is 5.02 Å². The van der Waals surface area contributed by atoms with Gasteiger partial charge in [-0.25, -0.2) is 0 Å². The molecule has 0 saturated carbocycles. The minimum atomic E-state index is 0. The van der Waals surface area contributed by atoms with Crippen molar-refractivity contribution in [3.8, 4) is 0 Å². The molecule has 1 heterocycles. The van der Waals surface area contributed by atoms with E-state index in [1.165, 1.54) is 26.6 Å². The summed E-state index contributed by atoms with van der Waals surface area (Å²) in [6.45, 7) is 1.73. The Balaban J connectivity index is 0.00000240. The maximum Gasteiger partial charge on any atom is 0.0668 e. The summed E-state index contributed by atoms with van der Waals surface area (Å²) in [4.78, 5) is 9.47. The highest BCUT2D eigenvalue weighted by atomic mass is 35.5. The summed E-state index contributed by atoms with van der Waals surface area (Å²) in [6.07, 6.45) is 4.30. The average molecular weight is 441 g/mol. The number of para-hydroxylation sites is 1. The van der Waals surface area contributed by atoms with Gasteiger partial charge in [0, 0.05) is 39.7 Å². The summed E-state index contributed by atoms with van der Waals surface area (Å²) in [5, 5.41) is 0.757. The zero-order chi connectivity index (χ0) is 19.3. The van der Waals surface area contributed by atoms with Gasteiger partial charge in [-0.15, -0.1) is 12.4 Å². The first-order valence-corrected chi connectivity index (χ1v) is 10.5. The number of allylic oxidation sites excluding steroid dienone is 1. The SMILES string of the molecule is CN1CCN=C(/C=C/c2ccccc2Sc2ccc(Cl)cc2)c2ccccc21.Cl. The van der Waals surface area contributed by atoms with Crippen molar-refractivity contribution in [3.05, 3.63) is 95.0 Å². The normalized spacial score (nSPS) is 13.4. The number of benzodiazepines with no additional fused rings is 1. The number of benzene rings is 3. The number of anilines is 1. The fourth-order valence-corrected chi connectivity index (χ4v) is 4.25. The summed E-state index contributed by atoms with van der Waals surface area (Å²) in [5.74, 6) is 0. The van der Waals surface area contributed by atoms with Gasteiger partial charge in [-0.05, 0) is 48.0 Å². The lowest BCUT2D eigenvalue weighted by Crippen LogP contribution is -2.20. The van der Waals surface area contributed by atoms with E-state index < -0.39 is 0 Å². The van der Waals surface area contributed by atoms with Crippen molar-refractivity contribution in [1.82, 2.24) is 0 Å². The highest BCUT2D eigenvalue weighted by Crippen LogP contribution is 2.32. The van der Waals surface area contributed by atoms with Gasteiger partial charge >= 0.3 is 0 Å². The predicted molar refractivity (Wildman–Crippen MR) is 129 cm³/mol. The molecule has 0 N–H and O–H groups in total. The summed E-state index contributed by atoms with van der Waals surface area (Å²) in [6, 6.07) is 24.9. The van der Waals surface area contributed by atoms with Crippen molar-refractivity contribution in [2.24, 2.45) is 4.99 Å². The lowest BCUT2D eigenvalue weighted by molar-refractivity contribution is 0.897. The highest BCUT2D eigenvalue weighted by Gasteiger charge is 2.13. The molecule has 0 bridgehead atoms. The van der Waals surface area contributed by atoms with Gasteiger partial charge in [0.1, 0.15) is 0 Å². The topological polar surface area (TPSA) is 15.6 Å². The fraction of sp³-hybridized carbons (Fsp3) is 0.125. The van der Waals surface area contributed by atoms with Gasteiger partial charge in [-0.3, -0.25) is 4.99 Å². The largest absolute Gasteiger partial charge is 0.372 e. The second kappa shape index (κ2) is 10.0. The van der Waals surface area contributed by atoms with Crippen molar-refractivity contribution in [2.75, 3.05) is 25.0 Å². The van der Waals surface area contributed by atoms with Gasteiger partial charge in [0.15, 0.2) is 0 Å². The van der Waals surface area contributed by atoms with Crippen LogP contribution in [0.15, 0.2) is 93.7 Å². The molecule has 2 nitrogen and oxygen atoms in total. The second-order valence-electron chi connectivity index (χ2n) is 6.63. The number of aliphatic imine (C=N–C) groups is 1. The number of halogens is 2. The van der Waals surface area contributed by atoms with Crippen LogP contribution in [0.25, 0.3) is 6.08 Å². The van der Waals surface area contributed by atoms with E-state index in [1.54, 1.807) is 11.8 Å². The van der Waals surface area contributed by atoms with E-state index in [4.69, 9.17) is 16.6 Å². The van der Waals surface area contributed by atoms with E-state index in [2.05, 4.69) is 84.8 Å². The van der Waals surface area contributed by atoms with E-state index in [1.807, 2.05) is 12.1 Å². The molecule has 0 fully saturated rings. The Hall–Kier alpha value is -2.20. The molecule has 1 aliphatic heterocycles. The molecule has 3 aromatic carbocycles. The van der Waals surface area contributed by atoms with Crippen LogP contribution in [0.5, 0.6) is 0 Å². The molecule has 148 valence electrons. The van der Waals surface area contributed by atoms with Crippen LogP contribution >= 0.6 is 35.8 Å². The smallest absolute Gasteiger partial charge is 0.0668 e. The maximum absolute atomic E-state index is 6.01. The molecule has 4 rings (SSSR count). The van der Waals surface area contributed by atoms with Crippen LogP contribution in [0.1, 0.15) is 11.1 Å². The van der Waals surface area contributed by atoms with Crippen LogP contribution in [0, 0.1) is 0 Å². The lowest BCUT2D eigenvalue weighted by atomic mass is 10.1. The Morgan fingerprint density at radius 3 is 2.48 bits per heavy atom. The van der Waals surface area contributed by atoms with Crippen LogP contribution in [-0.4, -0.2) is 25.8 Å². The molecule has 5 heteroatoms. The lowest BCUT2D eigenvalue weighted by Gasteiger charge is -2.18. The number of hydrogen-bond donors (Lipinski definition) is 0. The molecular formula is C24H22Cl2N2S.